The Labute approximate surface area is 164 Å². The van der Waals surface area contributed by atoms with Crippen molar-refractivity contribution in [2.75, 3.05) is 5.32 Å². The van der Waals surface area contributed by atoms with Crippen molar-refractivity contribution >= 4 is 29.3 Å². The first kappa shape index (κ1) is 18.9. The van der Waals surface area contributed by atoms with Gasteiger partial charge in [-0.1, -0.05) is 35.9 Å². The van der Waals surface area contributed by atoms with E-state index in [1.807, 2.05) is 55.1 Å². The van der Waals surface area contributed by atoms with E-state index in [1.54, 1.807) is 18.2 Å². The average molecular weight is 380 g/mol. The lowest BCUT2D eigenvalue weighted by Crippen LogP contribution is -2.07. The van der Waals surface area contributed by atoms with Gasteiger partial charge in [-0.3, -0.25) is 9.48 Å². The lowest BCUT2D eigenvalue weighted by molar-refractivity contribution is -0.111. The summed E-state index contributed by atoms with van der Waals surface area (Å²) in [5, 5.41) is 8.01. The van der Waals surface area contributed by atoms with Crippen LogP contribution < -0.4 is 5.32 Å². The van der Waals surface area contributed by atoms with Crippen molar-refractivity contribution in [2.24, 2.45) is 7.05 Å². The van der Waals surface area contributed by atoms with Gasteiger partial charge < -0.3 is 5.32 Å². The van der Waals surface area contributed by atoms with Crippen LogP contribution in [-0.2, 0) is 18.3 Å². The fraction of sp³-hybridized carbons (Fsp3) is 0.182. The molecule has 0 spiro atoms. The maximum Gasteiger partial charge on any atom is 0.248 e. The van der Waals surface area contributed by atoms with Gasteiger partial charge in [0.15, 0.2) is 0 Å². The maximum absolute atomic E-state index is 12.1. The number of nitrogens with one attached hydrogen (secondary N) is 1. The number of aromatic nitrogens is 2. The van der Waals surface area contributed by atoms with Crippen LogP contribution in [0.2, 0.25) is 5.02 Å². The third kappa shape index (κ3) is 4.86. The minimum absolute atomic E-state index is 0.170. The fourth-order valence-corrected chi connectivity index (χ4v) is 3.04. The minimum Gasteiger partial charge on any atom is -0.323 e. The molecule has 0 unspecified atom stereocenters. The maximum atomic E-state index is 12.1. The van der Waals surface area contributed by atoms with E-state index in [2.05, 4.69) is 17.3 Å². The molecule has 5 heteroatoms. The van der Waals surface area contributed by atoms with Crippen LogP contribution in [0, 0.1) is 13.8 Å². The zero-order chi connectivity index (χ0) is 19.4. The molecule has 3 aromatic rings. The highest BCUT2D eigenvalue weighted by Gasteiger charge is 2.10. The number of carbonyl (C=O) groups excluding carboxylic acids is 1. The van der Waals surface area contributed by atoms with Crippen LogP contribution >= 0.6 is 11.6 Å². The van der Waals surface area contributed by atoms with Crippen LogP contribution in [0.4, 0.5) is 5.69 Å². The number of hydrogen-bond donors (Lipinski definition) is 1. The van der Waals surface area contributed by atoms with Crippen LogP contribution in [-0.4, -0.2) is 15.7 Å². The first-order valence-corrected chi connectivity index (χ1v) is 9.13. The van der Waals surface area contributed by atoms with Gasteiger partial charge in [0, 0.05) is 41.5 Å². The standard InChI is InChI=1S/C22H22ClN3O/c1-15-21(16(2)26(3)25-15)14-18-6-11-20(12-7-18)24-22(27)13-8-17-4-9-19(23)10-5-17/h4-13H,14H2,1-3H3,(H,24,27)/b13-8+. The van der Waals surface area contributed by atoms with Crippen molar-refractivity contribution < 1.29 is 4.79 Å². The van der Waals surface area contributed by atoms with Gasteiger partial charge in [0.1, 0.15) is 0 Å². The number of amides is 1. The number of benzene rings is 2. The molecule has 0 aliphatic carbocycles. The quantitative estimate of drug-likeness (QED) is 0.638. The molecular weight excluding hydrogens is 358 g/mol. The smallest absolute Gasteiger partial charge is 0.248 e. The number of carbonyl (C=O) groups is 1. The van der Waals surface area contributed by atoms with Gasteiger partial charge in [0.2, 0.25) is 5.91 Å². The SMILES string of the molecule is Cc1nn(C)c(C)c1Cc1ccc(NC(=O)/C=C/c2ccc(Cl)cc2)cc1. The van der Waals surface area contributed by atoms with Gasteiger partial charge >= 0.3 is 0 Å². The van der Waals surface area contributed by atoms with Crippen molar-refractivity contribution in [2.45, 2.75) is 20.3 Å². The molecule has 3 rings (SSSR count). The van der Waals surface area contributed by atoms with E-state index in [0.29, 0.717) is 5.02 Å². The van der Waals surface area contributed by atoms with E-state index in [1.165, 1.54) is 22.9 Å². The van der Waals surface area contributed by atoms with Crippen molar-refractivity contribution in [3.05, 3.63) is 87.7 Å². The Hall–Kier alpha value is -2.85. The van der Waals surface area contributed by atoms with E-state index in [-0.39, 0.29) is 5.91 Å². The molecule has 1 aromatic heterocycles. The fourth-order valence-electron chi connectivity index (χ4n) is 2.91. The van der Waals surface area contributed by atoms with Crippen LogP contribution in [0.1, 0.15) is 28.1 Å². The molecule has 0 atom stereocenters. The molecule has 2 aromatic carbocycles. The summed E-state index contributed by atoms with van der Waals surface area (Å²) in [6, 6.07) is 15.2. The van der Waals surface area contributed by atoms with Gasteiger partial charge in [0.25, 0.3) is 0 Å². The zero-order valence-corrected chi connectivity index (χ0v) is 16.4. The molecule has 4 nitrogen and oxygen atoms in total. The number of aryl methyl sites for hydroxylation is 2. The van der Waals surface area contributed by atoms with E-state index in [9.17, 15) is 4.79 Å². The Kier molecular flexibility index (Phi) is 5.77. The Morgan fingerprint density at radius 2 is 1.78 bits per heavy atom. The second-order valence-electron chi connectivity index (χ2n) is 6.52. The second-order valence-corrected chi connectivity index (χ2v) is 6.96. The highest BCUT2D eigenvalue weighted by Crippen LogP contribution is 2.19. The molecule has 0 aliphatic rings. The van der Waals surface area contributed by atoms with Gasteiger partial charge in [-0.25, -0.2) is 0 Å². The van der Waals surface area contributed by atoms with Crippen LogP contribution in [0.5, 0.6) is 0 Å². The third-order valence-corrected chi connectivity index (χ3v) is 4.81. The van der Waals surface area contributed by atoms with Crippen LogP contribution in [0.15, 0.2) is 54.6 Å². The molecule has 1 heterocycles. The number of nitrogens with zero attached hydrogens (tertiary/aromatic N) is 2. The van der Waals surface area contributed by atoms with Crippen molar-refractivity contribution in [1.82, 2.24) is 9.78 Å². The molecular formula is C22H22ClN3O. The topological polar surface area (TPSA) is 46.9 Å². The average Bonchev–Trinajstić information content (AvgIpc) is 2.89. The summed E-state index contributed by atoms with van der Waals surface area (Å²) in [6.07, 6.45) is 4.10. The molecule has 1 N–H and O–H groups in total. The number of anilines is 1. The molecule has 0 radical (unpaired) electrons. The van der Waals surface area contributed by atoms with Gasteiger partial charge in [-0.15, -0.1) is 0 Å². The molecule has 1 amide bonds. The van der Waals surface area contributed by atoms with Gasteiger partial charge in [0.05, 0.1) is 5.69 Å². The molecule has 0 fully saturated rings. The van der Waals surface area contributed by atoms with E-state index in [4.69, 9.17) is 11.6 Å². The molecule has 0 saturated heterocycles. The predicted octanol–water partition coefficient (Wildman–Crippen LogP) is 4.93. The number of rotatable bonds is 5. The first-order valence-electron chi connectivity index (χ1n) is 8.75. The van der Waals surface area contributed by atoms with Crippen LogP contribution in [0.25, 0.3) is 6.08 Å². The number of halogens is 1. The van der Waals surface area contributed by atoms with Crippen molar-refractivity contribution in [3.63, 3.8) is 0 Å². The number of hydrogen-bond acceptors (Lipinski definition) is 2. The van der Waals surface area contributed by atoms with E-state index >= 15 is 0 Å². The highest BCUT2D eigenvalue weighted by molar-refractivity contribution is 6.30. The van der Waals surface area contributed by atoms with Gasteiger partial charge in [-0.2, -0.15) is 5.10 Å². The normalized spacial score (nSPS) is 11.1. The Morgan fingerprint density at radius 1 is 1.11 bits per heavy atom. The van der Waals surface area contributed by atoms with Crippen molar-refractivity contribution in [3.8, 4) is 0 Å². The second kappa shape index (κ2) is 8.23. The summed E-state index contributed by atoms with van der Waals surface area (Å²) < 4.78 is 1.91. The highest BCUT2D eigenvalue weighted by atomic mass is 35.5. The molecule has 0 aliphatic heterocycles. The van der Waals surface area contributed by atoms with E-state index < -0.39 is 0 Å². The molecule has 27 heavy (non-hydrogen) atoms. The minimum atomic E-state index is -0.170. The lowest BCUT2D eigenvalue weighted by atomic mass is 10.0. The van der Waals surface area contributed by atoms with Gasteiger partial charge in [-0.05, 0) is 55.3 Å². The first-order chi connectivity index (χ1) is 12.9. The molecule has 138 valence electrons. The summed E-state index contributed by atoms with van der Waals surface area (Å²) in [4.78, 5) is 12.1. The Bertz CT molecular complexity index is 970. The third-order valence-electron chi connectivity index (χ3n) is 4.56. The summed E-state index contributed by atoms with van der Waals surface area (Å²) in [6.45, 7) is 4.11. The predicted molar refractivity (Wildman–Crippen MR) is 111 cm³/mol. The monoisotopic (exact) mass is 379 g/mol. The van der Waals surface area contributed by atoms with Crippen LogP contribution in [0.3, 0.4) is 0 Å². The summed E-state index contributed by atoms with van der Waals surface area (Å²) >= 11 is 5.86. The largest absolute Gasteiger partial charge is 0.323 e. The lowest BCUT2D eigenvalue weighted by Gasteiger charge is -2.06. The zero-order valence-electron chi connectivity index (χ0n) is 15.7. The molecule has 0 bridgehead atoms. The van der Waals surface area contributed by atoms with Crippen molar-refractivity contribution in [1.29, 1.82) is 0 Å². The Morgan fingerprint density at radius 3 is 2.37 bits per heavy atom. The Balaban J connectivity index is 1.61. The summed E-state index contributed by atoms with van der Waals surface area (Å²) in [5.74, 6) is -0.170. The summed E-state index contributed by atoms with van der Waals surface area (Å²) in [5.41, 5.74) is 6.36. The molecule has 0 saturated carbocycles. The van der Waals surface area contributed by atoms with E-state index in [0.717, 1.165) is 23.4 Å². The summed E-state index contributed by atoms with van der Waals surface area (Å²) in [7, 11) is 1.96.